The average Bonchev–Trinajstić information content (AvgIpc) is 3.03. The van der Waals surface area contributed by atoms with Gasteiger partial charge >= 0.3 is 0 Å². The lowest BCUT2D eigenvalue weighted by molar-refractivity contribution is -0.385. The summed E-state index contributed by atoms with van der Waals surface area (Å²) in [5.41, 5.74) is 2.34. The Morgan fingerprint density at radius 2 is 1.19 bits per heavy atom. The van der Waals surface area contributed by atoms with Crippen molar-refractivity contribution in [1.29, 1.82) is 0 Å². The summed E-state index contributed by atoms with van der Waals surface area (Å²) in [4.78, 5) is 43.8. The number of Topliss-reactive ketones (excluding diaryl/α,β-unsaturated/α-hetero) is 2. The molecular formula is C33H32N2O8. The Kier molecular flexibility index (Phi) is 11.6. The van der Waals surface area contributed by atoms with Crippen LogP contribution >= 0.6 is 0 Å². The molecule has 0 aliphatic heterocycles. The summed E-state index contributed by atoms with van der Waals surface area (Å²) in [6.07, 6.45) is 1.17. The van der Waals surface area contributed by atoms with Crippen LogP contribution in [0.25, 0.3) is 0 Å². The summed E-state index contributed by atoms with van der Waals surface area (Å²) < 4.78 is 5.92. The number of ketones is 2. The van der Waals surface area contributed by atoms with E-state index in [1.807, 2.05) is 36.4 Å². The Hall–Kier alpha value is -5.38. The standard InChI is InChI=1S/C24H23NO4.C9H9NO4/c1-2-23(26)22-17-20(25(27)28)13-14-24(22)29-16-15-21(18-9-5-3-6-10-18)19-11-7-4-8-12-19;1-2-8(11)7-5-6(10(13)14)3-4-9(7)12/h3-14,17,21H,2,15-16H2,1H3;3-5,12H,2H2,1H3. The minimum Gasteiger partial charge on any atom is -0.507 e. The number of nitro groups is 2. The van der Waals surface area contributed by atoms with Gasteiger partial charge in [-0.2, -0.15) is 0 Å². The Labute approximate surface area is 248 Å². The summed E-state index contributed by atoms with van der Waals surface area (Å²) in [5.74, 6) is -0.164. The fraction of sp³-hybridized carbons (Fsp3) is 0.212. The molecule has 4 rings (SSSR count). The number of hydrogen-bond donors (Lipinski definition) is 1. The molecule has 0 aliphatic carbocycles. The topological polar surface area (TPSA) is 150 Å². The first-order valence-electron chi connectivity index (χ1n) is 13.7. The van der Waals surface area contributed by atoms with Crippen molar-refractivity contribution in [2.75, 3.05) is 6.61 Å². The Morgan fingerprint density at radius 1 is 0.721 bits per heavy atom. The van der Waals surface area contributed by atoms with Gasteiger partial charge in [-0.15, -0.1) is 0 Å². The largest absolute Gasteiger partial charge is 0.507 e. The van der Waals surface area contributed by atoms with Crippen molar-refractivity contribution in [3.8, 4) is 11.5 Å². The molecule has 0 spiro atoms. The Morgan fingerprint density at radius 3 is 1.67 bits per heavy atom. The summed E-state index contributed by atoms with van der Waals surface area (Å²) in [7, 11) is 0. The number of carbonyl (C=O) groups excluding carboxylic acids is 2. The number of hydrogen-bond acceptors (Lipinski definition) is 8. The van der Waals surface area contributed by atoms with Crippen LogP contribution in [0.5, 0.6) is 11.5 Å². The first-order chi connectivity index (χ1) is 20.7. The number of nitrogens with zero attached hydrogens (tertiary/aromatic N) is 2. The number of phenols is 1. The number of carbonyl (C=O) groups is 2. The van der Waals surface area contributed by atoms with Gasteiger partial charge in [0.05, 0.1) is 27.6 Å². The fourth-order valence-corrected chi connectivity index (χ4v) is 4.40. The molecule has 4 aromatic carbocycles. The molecule has 1 N–H and O–H groups in total. The first-order valence-corrected chi connectivity index (χ1v) is 13.7. The zero-order valence-electron chi connectivity index (χ0n) is 23.8. The van der Waals surface area contributed by atoms with Gasteiger partial charge in [0.1, 0.15) is 11.5 Å². The third kappa shape index (κ3) is 8.80. The molecule has 0 unspecified atom stereocenters. The van der Waals surface area contributed by atoms with Crippen LogP contribution in [0.1, 0.15) is 70.9 Å². The zero-order chi connectivity index (χ0) is 31.4. The highest BCUT2D eigenvalue weighted by molar-refractivity contribution is 5.99. The zero-order valence-corrected chi connectivity index (χ0v) is 23.8. The number of phenolic OH excluding ortho intramolecular Hbond substituents is 1. The second-order valence-corrected chi connectivity index (χ2v) is 9.46. The molecule has 0 saturated heterocycles. The van der Waals surface area contributed by atoms with Crippen LogP contribution in [0.3, 0.4) is 0 Å². The summed E-state index contributed by atoms with van der Waals surface area (Å²) in [6.45, 7) is 3.74. The molecule has 0 bridgehead atoms. The van der Waals surface area contributed by atoms with Crippen LogP contribution < -0.4 is 4.74 Å². The van der Waals surface area contributed by atoms with E-state index in [0.29, 0.717) is 18.8 Å². The molecule has 222 valence electrons. The Balaban J connectivity index is 0.000000303. The quantitative estimate of drug-likeness (QED) is 0.101. The van der Waals surface area contributed by atoms with Crippen molar-refractivity contribution >= 4 is 22.9 Å². The molecular weight excluding hydrogens is 552 g/mol. The highest BCUT2D eigenvalue weighted by atomic mass is 16.6. The van der Waals surface area contributed by atoms with Gasteiger partial charge in [-0.1, -0.05) is 74.5 Å². The smallest absolute Gasteiger partial charge is 0.270 e. The maximum atomic E-state index is 12.2. The number of rotatable bonds is 12. The molecule has 0 saturated carbocycles. The van der Waals surface area contributed by atoms with Crippen LogP contribution in [0.15, 0.2) is 97.1 Å². The molecule has 4 aromatic rings. The summed E-state index contributed by atoms with van der Waals surface area (Å²) in [5, 5.41) is 30.7. The fourth-order valence-electron chi connectivity index (χ4n) is 4.40. The monoisotopic (exact) mass is 584 g/mol. The molecule has 0 heterocycles. The molecule has 43 heavy (non-hydrogen) atoms. The third-order valence-electron chi connectivity index (χ3n) is 6.68. The lowest BCUT2D eigenvalue weighted by Crippen LogP contribution is -2.10. The van der Waals surface area contributed by atoms with Crippen LogP contribution in [0.4, 0.5) is 11.4 Å². The first kappa shape index (κ1) is 32.1. The van der Waals surface area contributed by atoms with Gasteiger partial charge in [0.15, 0.2) is 11.6 Å². The van der Waals surface area contributed by atoms with Crippen molar-refractivity contribution in [2.24, 2.45) is 0 Å². The molecule has 0 radical (unpaired) electrons. The van der Waals surface area contributed by atoms with Gasteiger partial charge in [0.25, 0.3) is 11.4 Å². The van der Waals surface area contributed by atoms with E-state index in [1.165, 1.54) is 29.3 Å². The third-order valence-corrected chi connectivity index (χ3v) is 6.68. The van der Waals surface area contributed by atoms with Gasteiger partial charge in [-0.25, -0.2) is 0 Å². The van der Waals surface area contributed by atoms with Gasteiger partial charge in [0, 0.05) is 43.0 Å². The predicted molar refractivity (Wildman–Crippen MR) is 162 cm³/mol. The number of nitro benzene ring substituents is 2. The molecule has 0 amide bonds. The SMILES string of the molecule is CCC(=O)c1cc([N+](=O)[O-])ccc1O.CCC(=O)c1cc([N+](=O)[O-])ccc1OCCC(c1ccccc1)c1ccccc1. The van der Waals surface area contributed by atoms with E-state index in [9.17, 15) is 34.9 Å². The van der Waals surface area contributed by atoms with Crippen molar-refractivity contribution < 1.29 is 29.3 Å². The van der Waals surface area contributed by atoms with E-state index in [2.05, 4.69) is 24.3 Å². The second-order valence-electron chi connectivity index (χ2n) is 9.46. The van der Waals surface area contributed by atoms with Crippen molar-refractivity contribution in [3.63, 3.8) is 0 Å². The summed E-state index contributed by atoms with van der Waals surface area (Å²) >= 11 is 0. The summed E-state index contributed by atoms with van der Waals surface area (Å²) in [6, 6.07) is 28.0. The predicted octanol–water partition coefficient (Wildman–Crippen LogP) is 7.68. The highest BCUT2D eigenvalue weighted by Crippen LogP contribution is 2.30. The van der Waals surface area contributed by atoms with Crippen LogP contribution in [0, 0.1) is 20.2 Å². The van der Waals surface area contributed by atoms with Gasteiger partial charge < -0.3 is 9.84 Å². The van der Waals surface area contributed by atoms with E-state index >= 15 is 0 Å². The van der Waals surface area contributed by atoms with Gasteiger partial charge in [0.2, 0.25) is 0 Å². The molecule has 0 aromatic heterocycles. The number of aromatic hydroxyl groups is 1. The maximum absolute atomic E-state index is 12.2. The average molecular weight is 585 g/mol. The second kappa shape index (κ2) is 15.6. The molecule has 10 nitrogen and oxygen atoms in total. The minimum absolute atomic E-state index is 0.00157. The molecule has 10 heteroatoms. The number of ether oxygens (including phenoxy) is 1. The van der Waals surface area contributed by atoms with Crippen molar-refractivity contribution in [2.45, 2.75) is 39.0 Å². The van der Waals surface area contributed by atoms with Crippen molar-refractivity contribution in [1.82, 2.24) is 0 Å². The van der Waals surface area contributed by atoms with E-state index in [0.717, 1.165) is 18.2 Å². The van der Waals surface area contributed by atoms with Crippen LogP contribution in [0.2, 0.25) is 0 Å². The lowest BCUT2D eigenvalue weighted by Gasteiger charge is -2.19. The molecule has 0 aliphatic rings. The maximum Gasteiger partial charge on any atom is 0.270 e. The van der Waals surface area contributed by atoms with E-state index in [-0.39, 0.29) is 58.6 Å². The minimum atomic E-state index is -0.605. The van der Waals surface area contributed by atoms with Crippen molar-refractivity contribution in [3.05, 3.63) is 140 Å². The van der Waals surface area contributed by atoms with E-state index in [1.54, 1.807) is 13.8 Å². The molecule has 0 atom stereocenters. The van der Waals surface area contributed by atoms with Gasteiger partial charge in [-0.05, 0) is 29.7 Å². The highest BCUT2D eigenvalue weighted by Gasteiger charge is 2.19. The Bertz CT molecular complexity index is 1530. The normalized spacial score (nSPS) is 10.4. The van der Waals surface area contributed by atoms with Crippen LogP contribution in [-0.4, -0.2) is 33.1 Å². The van der Waals surface area contributed by atoms with E-state index in [4.69, 9.17) is 4.74 Å². The number of non-ortho nitro benzene ring substituents is 2. The molecule has 0 fully saturated rings. The van der Waals surface area contributed by atoms with Crippen LogP contribution in [-0.2, 0) is 0 Å². The van der Waals surface area contributed by atoms with E-state index < -0.39 is 9.85 Å². The lowest BCUT2D eigenvalue weighted by atomic mass is 9.89. The number of benzene rings is 4. The van der Waals surface area contributed by atoms with Gasteiger partial charge in [-0.3, -0.25) is 29.8 Å².